The molecule has 1 aromatic heterocycles. The number of halogens is 1. The zero-order valence-electron chi connectivity index (χ0n) is 8.25. The summed E-state index contributed by atoms with van der Waals surface area (Å²) < 4.78 is 15.4. The lowest BCUT2D eigenvalue weighted by molar-refractivity contribution is 0.631. The third-order valence-electron chi connectivity index (χ3n) is 2.40. The molecule has 0 saturated heterocycles. The fourth-order valence-corrected chi connectivity index (χ4v) is 2.28. The predicted molar refractivity (Wildman–Crippen MR) is 60.1 cm³/mol. The Morgan fingerprint density at radius 1 is 1.43 bits per heavy atom. The monoisotopic (exact) mass is 209 g/mol. The van der Waals surface area contributed by atoms with E-state index in [9.17, 15) is 4.39 Å². The van der Waals surface area contributed by atoms with E-state index in [2.05, 4.69) is 6.07 Å². The van der Waals surface area contributed by atoms with E-state index in [1.807, 2.05) is 23.9 Å². The first-order valence-corrected chi connectivity index (χ1v) is 5.85. The second-order valence-corrected chi connectivity index (χ2v) is 4.17. The second kappa shape index (κ2) is 3.65. The van der Waals surface area contributed by atoms with Crippen molar-refractivity contribution in [3.05, 3.63) is 35.8 Å². The Kier molecular flexibility index (Phi) is 2.50. The van der Waals surface area contributed by atoms with Gasteiger partial charge in [-0.15, -0.1) is 0 Å². The molecule has 0 saturated carbocycles. The smallest absolute Gasteiger partial charge is 0.147 e. The molecular formula is C11H12FNS. The zero-order chi connectivity index (χ0) is 10.1. The first kappa shape index (κ1) is 9.59. The molecule has 3 heteroatoms. The highest BCUT2D eigenvalue weighted by atomic mass is 32.2. The van der Waals surface area contributed by atoms with Gasteiger partial charge in [-0.2, -0.15) is 11.8 Å². The van der Waals surface area contributed by atoms with E-state index >= 15 is 0 Å². The fraction of sp³-hybridized carbons (Fsp3) is 0.273. The fourth-order valence-electron chi connectivity index (χ4n) is 1.71. The summed E-state index contributed by atoms with van der Waals surface area (Å²) in [5.74, 6) is 0.780. The van der Waals surface area contributed by atoms with E-state index < -0.39 is 0 Å². The molecular weight excluding hydrogens is 197 g/mol. The van der Waals surface area contributed by atoms with Crippen molar-refractivity contribution in [1.29, 1.82) is 0 Å². The second-order valence-electron chi connectivity index (χ2n) is 3.31. The lowest BCUT2D eigenvalue weighted by Gasteiger charge is -2.02. The van der Waals surface area contributed by atoms with Gasteiger partial charge in [0.05, 0.1) is 5.52 Å². The average Bonchev–Trinajstić information content (AvgIpc) is 2.46. The zero-order valence-corrected chi connectivity index (χ0v) is 9.07. The third-order valence-corrected chi connectivity index (χ3v) is 2.98. The third kappa shape index (κ3) is 1.42. The standard InChI is InChI=1S/C11H12FNS/c1-13-9(7-14-2)6-8-4-3-5-10(12)11(8)13/h3-6H,7H2,1-2H3. The van der Waals surface area contributed by atoms with Crippen molar-refractivity contribution in [1.82, 2.24) is 4.57 Å². The number of aromatic nitrogens is 1. The van der Waals surface area contributed by atoms with Crippen LogP contribution >= 0.6 is 11.8 Å². The van der Waals surface area contributed by atoms with Gasteiger partial charge in [-0.25, -0.2) is 4.39 Å². The van der Waals surface area contributed by atoms with Crippen molar-refractivity contribution in [2.75, 3.05) is 6.26 Å². The summed E-state index contributed by atoms with van der Waals surface area (Å²) in [5.41, 5.74) is 1.87. The lowest BCUT2D eigenvalue weighted by Crippen LogP contribution is -1.95. The van der Waals surface area contributed by atoms with Crippen LogP contribution in [0.2, 0.25) is 0 Å². The van der Waals surface area contributed by atoms with Gasteiger partial charge in [0.25, 0.3) is 0 Å². The number of para-hydroxylation sites is 1. The summed E-state index contributed by atoms with van der Waals surface area (Å²) in [6.45, 7) is 0. The van der Waals surface area contributed by atoms with Gasteiger partial charge in [-0.1, -0.05) is 12.1 Å². The van der Waals surface area contributed by atoms with Crippen LogP contribution < -0.4 is 0 Å². The number of rotatable bonds is 2. The first-order chi connectivity index (χ1) is 6.74. The van der Waals surface area contributed by atoms with Crippen molar-refractivity contribution in [3.63, 3.8) is 0 Å². The number of nitrogens with zero attached hydrogens (tertiary/aromatic N) is 1. The SMILES string of the molecule is CSCc1cc2cccc(F)c2n1C. The molecule has 14 heavy (non-hydrogen) atoms. The molecule has 2 rings (SSSR count). The van der Waals surface area contributed by atoms with E-state index in [0.717, 1.165) is 16.8 Å². The van der Waals surface area contributed by atoms with Gasteiger partial charge in [0.15, 0.2) is 0 Å². The Morgan fingerprint density at radius 2 is 2.21 bits per heavy atom. The number of hydrogen-bond donors (Lipinski definition) is 0. The molecule has 0 fully saturated rings. The van der Waals surface area contributed by atoms with Crippen LogP contribution in [0.4, 0.5) is 4.39 Å². The van der Waals surface area contributed by atoms with Crippen molar-refractivity contribution in [2.24, 2.45) is 7.05 Å². The summed E-state index contributed by atoms with van der Waals surface area (Å²) >= 11 is 1.75. The van der Waals surface area contributed by atoms with Crippen molar-refractivity contribution >= 4 is 22.7 Å². The maximum absolute atomic E-state index is 13.5. The number of hydrogen-bond acceptors (Lipinski definition) is 1. The maximum atomic E-state index is 13.5. The number of fused-ring (bicyclic) bond motifs is 1. The molecule has 0 N–H and O–H groups in total. The van der Waals surface area contributed by atoms with Crippen molar-refractivity contribution < 1.29 is 4.39 Å². The molecule has 1 aromatic carbocycles. The van der Waals surface area contributed by atoms with Gasteiger partial charge >= 0.3 is 0 Å². The molecule has 0 amide bonds. The molecule has 0 atom stereocenters. The number of thioether (sulfide) groups is 1. The van der Waals surface area contributed by atoms with E-state index in [1.54, 1.807) is 17.8 Å². The van der Waals surface area contributed by atoms with Crippen LogP contribution in [0.15, 0.2) is 24.3 Å². The topological polar surface area (TPSA) is 4.93 Å². The minimum atomic E-state index is -0.141. The molecule has 1 heterocycles. The summed E-state index contributed by atoms with van der Waals surface area (Å²) in [7, 11) is 1.91. The van der Waals surface area contributed by atoms with E-state index in [-0.39, 0.29) is 5.82 Å². The van der Waals surface area contributed by atoms with Crippen LogP contribution in [0, 0.1) is 5.82 Å². The minimum absolute atomic E-state index is 0.141. The highest BCUT2D eigenvalue weighted by Crippen LogP contribution is 2.23. The summed E-state index contributed by atoms with van der Waals surface area (Å²) in [6.07, 6.45) is 2.05. The molecule has 74 valence electrons. The summed E-state index contributed by atoms with van der Waals surface area (Å²) in [5, 5.41) is 0.983. The molecule has 2 aromatic rings. The van der Waals surface area contributed by atoms with Crippen molar-refractivity contribution in [3.8, 4) is 0 Å². The van der Waals surface area contributed by atoms with Crippen LogP contribution in [-0.2, 0) is 12.8 Å². The molecule has 1 nitrogen and oxygen atoms in total. The molecule has 0 bridgehead atoms. The van der Waals surface area contributed by atoms with Gasteiger partial charge in [-0.05, 0) is 18.4 Å². The van der Waals surface area contributed by atoms with Crippen molar-refractivity contribution in [2.45, 2.75) is 5.75 Å². The van der Waals surface area contributed by atoms with Crippen LogP contribution in [0.1, 0.15) is 5.69 Å². The molecule has 0 unspecified atom stereocenters. The molecule has 0 aliphatic carbocycles. The van der Waals surface area contributed by atoms with E-state index in [1.165, 1.54) is 6.07 Å². The van der Waals surface area contributed by atoms with Gasteiger partial charge in [-0.3, -0.25) is 0 Å². The molecule has 0 aliphatic rings. The van der Waals surface area contributed by atoms with Crippen LogP contribution in [0.25, 0.3) is 10.9 Å². The highest BCUT2D eigenvalue weighted by molar-refractivity contribution is 7.97. The average molecular weight is 209 g/mol. The van der Waals surface area contributed by atoms with Crippen LogP contribution in [0.5, 0.6) is 0 Å². The Labute approximate surface area is 86.9 Å². The quantitative estimate of drug-likeness (QED) is 0.735. The molecule has 0 aliphatic heterocycles. The number of aryl methyl sites for hydroxylation is 1. The largest absolute Gasteiger partial charge is 0.344 e. The van der Waals surface area contributed by atoms with Gasteiger partial charge in [0, 0.05) is 23.9 Å². The predicted octanol–water partition coefficient (Wildman–Crippen LogP) is 3.18. The molecule has 0 radical (unpaired) electrons. The Hall–Kier alpha value is -0.960. The van der Waals surface area contributed by atoms with Crippen LogP contribution in [-0.4, -0.2) is 10.8 Å². The Bertz CT molecular complexity index is 462. The first-order valence-electron chi connectivity index (χ1n) is 4.46. The minimum Gasteiger partial charge on any atom is -0.344 e. The Morgan fingerprint density at radius 3 is 2.86 bits per heavy atom. The van der Waals surface area contributed by atoms with Gasteiger partial charge in [0.1, 0.15) is 5.82 Å². The normalized spacial score (nSPS) is 11.1. The van der Waals surface area contributed by atoms with Crippen LogP contribution in [0.3, 0.4) is 0 Å². The van der Waals surface area contributed by atoms with E-state index in [0.29, 0.717) is 5.52 Å². The highest BCUT2D eigenvalue weighted by Gasteiger charge is 2.08. The maximum Gasteiger partial charge on any atom is 0.147 e. The summed E-state index contributed by atoms with van der Waals surface area (Å²) in [4.78, 5) is 0. The van der Waals surface area contributed by atoms with E-state index in [4.69, 9.17) is 0 Å². The Balaban J connectivity index is 2.68. The molecule has 0 spiro atoms. The van der Waals surface area contributed by atoms with Gasteiger partial charge < -0.3 is 4.57 Å². The van der Waals surface area contributed by atoms with Gasteiger partial charge in [0.2, 0.25) is 0 Å². The summed E-state index contributed by atoms with van der Waals surface area (Å²) in [6, 6.07) is 7.25. The lowest BCUT2D eigenvalue weighted by atomic mass is 10.2. The number of benzene rings is 1.